The van der Waals surface area contributed by atoms with Gasteiger partial charge >= 0.3 is 5.97 Å². The van der Waals surface area contributed by atoms with Gasteiger partial charge in [0, 0.05) is 6.61 Å². The summed E-state index contributed by atoms with van der Waals surface area (Å²) in [7, 11) is -2.39. The van der Waals surface area contributed by atoms with Crippen LogP contribution < -0.4 is 4.72 Å². The summed E-state index contributed by atoms with van der Waals surface area (Å²) in [5.41, 5.74) is -0.265. The van der Waals surface area contributed by atoms with Crippen molar-refractivity contribution < 1.29 is 22.7 Å². The summed E-state index contributed by atoms with van der Waals surface area (Å²) in [6.45, 7) is 2.48. The van der Waals surface area contributed by atoms with E-state index in [1.165, 1.54) is 31.4 Å². The van der Waals surface area contributed by atoms with Gasteiger partial charge in [-0.25, -0.2) is 17.9 Å². The van der Waals surface area contributed by atoms with Crippen molar-refractivity contribution in [3.8, 4) is 0 Å². The number of benzene rings is 1. The van der Waals surface area contributed by atoms with Gasteiger partial charge in [-0.2, -0.15) is 0 Å². The van der Waals surface area contributed by atoms with Gasteiger partial charge in [0.1, 0.15) is 0 Å². The van der Waals surface area contributed by atoms with Crippen LogP contribution in [0.15, 0.2) is 29.2 Å². The number of ether oxygens (including phenoxy) is 2. The van der Waals surface area contributed by atoms with Gasteiger partial charge in [-0.3, -0.25) is 0 Å². The van der Waals surface area contributed by atoms with E-state index in [-0.39, 0.29) is 11.0 Å². The molecule has 1 aromatic carbocycles. The lowest BCUT2D eigenvalue weighted by molar-refractivity contribution is 0.0600. The summed E-state index contributed by atoms with van der Waals surface area (Å²) >= 11 is 0. The SMILES string of the molecule is COC(=O)c1ccc(S(=O)(=O)N[C@@]2(C)CCO[C@@H]2C2CC2)cc1. The highest BCUT2D eigenvalue weighted by molar-refractivity contribution is 7.89. The minimum absolute atomic E-state index is 0.0633. The zero-order chi connectivity index (χ0) is 16.7. The van der Waals surface area contributed by atoms with E-state index in [4.69, 9.17) is 4.74 Å². The Balaban J connectivity index is 1.79. The third-order valence-corrected chi connectivity index (χ3v) is 6.18. The van der Waals surface area contributed by atoms with Crippen molar-refractivity contribution in [3.63, 3.8) is 0 Å². The second kappa shape index (κ2) is 5.89. The van der Waals surface area contributed by atoms with E-state index < -0.39 is 21.5 Å². The number of carbonyl (C=O) groups is 1. The first-order chi connectivity index (χ1) is 10.9. The van der Waals surface area contributed by atoms with Gasteiger partial charge in [-0.15, -0.1) is 0 Å². The Morgan fingerprint density at radius 1 is 1.30 bits per heavy atom. The Labute approximate surface area is 136 Å². The van der Waals surface area contributed by atoms with Crippen molar-refractivity contribution >= 4 is 16.0 Å². The topological polar surface area (TPSA) is 81.7 Å². The number of rotatable bonds is 5. The molecule has 0 unspecified atom stereocenters. The van der Waals surface area contributed by atoms with Gasteiger partial charge in [0.05, 0.1) is 29.2 Å². The van der Waals surface area contributed by atoms with Crippen LogP contribution in [-0.4, -0.2) is 39.7 Å². The molecule has 2 aliphatic rings. The van der Waals surface area contributed by atoms with Crippen LogP contribution in [0, 0.1) is 5.92 Å². The van der Waals surface area contributed by atoms with E-state index in [0.29, 0.717) is 24.5 Å². The molecule has 23 heavy (non-hydrogen) atoms. The zero-order valence-electron chi connectivity index (χ0n) is 13.2. The number of carbonyl (C=O) groups excluding carboxylic acids is 1. The summed E-state index contributed by atoms with van der Waals surface area (Å²) in [6, 6.07) is 5.73. The van der Waals surface area contributed by atoms with Crippen LogP contribution in [0.1, 0.15) is 36.5 Å². The number of sulfonamides is 1. The Bertz CT molecular complexity index is 696. The van der Waals surface area contributed by atoms with Crippen LogP contribution >= 0.6 is 0 Å². The van der Waals surface area contributed by atoms with Crippen LogP contribution in [0.3, 0.4) is 0 Å². The molecule has 7 heteroatoms. The Morgan fingerprint density at radius 2 is 1.96 bits per heavy atom. The lowest BCUT2D eigenvalue weighted by atomic mass is 9.92. The molecular weight excluding hydrogens is 318 g/mol. The van der Waals surface area contributed by atoms with Gasteiger partial charge in [-0.05, 0) is 56.4 Å². The smallest absolute Gasteiger partial charge is 0.337 e. The fraction of sp³-hybridized carbons (Fsp3) is 0.562. The van der Waals surface area contributed by atoms with Crippen molar-refractivity contribution in [1.29, 1.82) is 0 Å². The molecule has 126 valence electrons. The maximum atomic E-state index is 12.6. The van der Waals surface area contributed by atoms with E-state index in [0.717, 1.165) is 12.8 Å². The predicted octanol–water partition coefficient (Wildman–Crippen LogP) is 1.71. The van der Waals surface area contributed by atoms with Gasteiger partial charge in [0.15, 0.2) is 0 Å². The fourth-order valence-corrected chi connectivity index (χ4v) is 4.59. The third kappa shape index (κ3) is 3.27. The largest absolute Gasteiger partial charge is 0.465 e. The molecule has 2 atom stereocenters. The minimum atomic E-state index is -3.67. The average Bonchev–Trinajstić information content (AvgIpc) is 3.29. The number of methoxy groups -OCH3 is 1. The van der Waals surface area contributed by atoms with Crippen LogP contribution in [-0.2, 0) is 19.5 Å². The summed E-state index contributed by atoms with van der Waals surface area (Å²) in [5.74, 6) is -0.0428. The van der Waals surface area contributed by atoms with Crippen LogP contribution in [0.2, 0.25) is 0 Å². The van der Waals surface area contributed by atoms with Crippen LogP contribution in [0.5, 0.6) is 0 Å². The van der Waals surface area contributed by atoms with Crippen molar-refractivity contribution in [2.24, 2.45) is 5.92 Å². The standard InChI is InChI=1S/C16H21NO5S/c1-16(9-10-22-14(16)11-3-4-11)17-23(19,20)13-7-5-12(6-8-13)15(18)21-2/h5-8,11,14,17H,3-4,9-10H2,1-2H3/t14-,16+/m1/s1. The molecule has 0 spiro atoms. The van der Waals surface area contributed by atoms with Crippen molar-refractivity contribution in [2.45, 2.75) is 42.7 Å². The molecule has 2 fully saturated rings. The van der Waals surface area contributed by atoms with Crippen LogP contribution in [0.25, 0.3) is 0 Å². The highest BCUT2D eigenvalue weighted by Crippen LogP contribution is 2.43. The molecule has 1 aromatic rings. The number of esters is 1. The third-order valence-electron chi connectivity index (χ3n) is 4.55. The molecule has 0 aromatic heterocycles. The Hall–Kier alpha value is -1.44. The molecule has 0 radical (unpaired) electrons. The van der Waals surface area contributed by atoms with Gasteiger partial charge < -0.3 is 9.47 Å². The first-order valence-electron chi connectivity index (χ1n) is 7.70. The quantitative estimate of drug-likeness (QED) is 0.826. The highest BCUT2D eigenvalue weighted by atomic mass is 32.2. The molecule has 0 amide bonds. The maximum absolute atomic E-state index is 12.6. The monoisotopic (exact) mass is 339 g/mol. The maximum Gasteiger partial charge on any atom is 0.337 e. The summed E-state index contributed by atoms with van der Waals surface area (Å²) in [5, 5.41) is 0. The van der Waals surface area contributed by atoms with E-state index in [1.807, 2.05) is 6.92 Å². The molecule has 3 rings (SSSR count). The number of hydrogen-bond acceptors (Lipinski definition) is 5. The van der Waals surface area contributed by atoms with Crippen molar-refractivity contribution in [3.05, 3.63) is 29.8 Å². The zero-order valence-corrected chi connectivity index (χ0v) is 14.1. The molecule has 1 heterocycles. The molecule has 1 aliphatic heterocycles. The van der Waals surface area contributed by atoms with E-state index in [9.17, 15) is 13.2 Å². The van der Waals surface area contributed by atoms with Crippen molar-refractivity contribution in [1.82, 2.24) is 4.72 Å². The summed E-state index contributed by atoms with van der Waals surface area (Å²) in [4.78, 5) is 11.6. The van der Waals surface area contributed by atoms with Gasteiger partial charge in [-0.1, -0.05) is 0 Å². The first-order valence-corrected chi connectivity index (χ1v) is 9.18. The van der Waals surface area contributed by atoms with E-state index in [1.54, 1.807) is 0 Å². The molecule has 1 aliphatic carbocycles. The lowest BCUT2D eigenvalue weighted by Gasteiger charge is -2.31. The van der Waals surface area contributed by atoms with Gasteiger partial charge in [0.2, 0.25) is 10.0 Å². The molecule has 0 bridgehead atoms. The first kappa shape index (κ1) is 16.4. The number of nitrogens with one attached hydrogen (secondary N) is 1. The van der Waals surface area contributed by atoms with E-state index >= 15 is 0 Å². The highest BCUT2D eigenvalue weighted by Gasteiger charge is 2.50. The normalized spacial score (nSPS) is 27.8. The van der Waals surface area contributed by atoms with Crippen molar-refractivity contribution in [2.75, 3.05) is 13.7 Å². The molecular formula is C16H21NO5S. The van der Waals surface area contributed by atoms with E-state index in [2.05, 4.69) is 9.46 Å². The summed E-state index contributed by atoms with van der Waals surface area (Å²) < 4.78 is 38.5. The summed E-state index contributed by atoms with van der Waals surface area (Å²) in [6.07, 6.45) is 2.78. The minimum Gasteiger partial charge on any atom is -0.465 e. The lowest BCUT2D eigenvalue weighted by Crippen LogP contribution is -2.52. The second-order valence-electron chi connectivity index (χ2n) is 6.42. The van der Waals surface area contributed by atoms with Gasteiger partial charge in [0.25, 0.3) is 0 Å². The molecule has 1 N–H and O–H groups in total. The Kier molecular flexibility index (Phi) is 4.20. The second-order valence-corrected chi connectivity index (χ2v) is 8.10. The molecule has 1 saturated heterocycles. The number of hydrogen-bond donors (Lipinski definition) is 1. The fourth-order valence-electron chi connectivity index (χ4n) is 3.14. The average molecular weight is 339 g/mol. The molecule has 1 saturated carbocycles. The molecule has 6 nitrogen and oxygen atoms in total. The van der Waals surface area contributed by atoms with Crippen LogP contribution in [0.4, 0.5) is 0 Å². The Morgan fingerprint density at radius 3 is 2.52 bits per heavy atom. The predicted molar refractivity (Wildman–Crippen MR) is 83.6 cm³/mol.